The first-order chi connectivity index (χ1) is 15.3. The molecule has 0 radical (unpaired) electrons. The minimum atomic E-state index is -3.40. The Kier molecular flexibility index (Phi) is 7.65. The monoisotopic (exact) mass is 480 g/mol. The lowest BCUT2D eigenvalue weighted by Gasteiger charge is -2.38. The van der Waals surface area contributed by atoms with Gasteiger partial charge in [-0.05, 0) is 84.6 Å². The molecule has 0 aliphatic carbocycles. The Balaban J connectivity index is 1.60. The van der Waals surface area contributed by atoms with Gasteiger partial charge in [0.15, 0.2) is 0 Å². The largest absolute Gasteiger partial charge is 0.372 e. The van der Waals surface area contributed by atoms with E-state index in [0.29, 0.717) is 25.9 Å². The van der Waals surface area contributed by atoms with Gasteiger partial charge in [-0.15, -0.1) is 0 Å². The van der Waals surface area contributed by atoms with Crippen molar-refractivity contribution in [1.82, 2.24) is 9.62 Å². The van der Waals surface area contributed by atoms with Gasteiger partial charge < -0.3 is 19.9 Å². The van der Waals surface area contributed by atoms with Crippen LogP contribution in [-0.2, 0) is 14.8 Å². The quantitative estimate of drug-likeness (QED) is 0.687. The number of carbonyl (C=O) groups is 1. The maximum Gasteiger partial charge on any atom is 0.321 e. The van der Waals surface area contributed by atoms with Gasteiger partial charge in [-0.2, -0.15) is 0 Å². The third kappa shape index (κ3) is 6.19. The lowest BCUT2D eigenvalue weighted by atomic mass is 10.1. The number of carbonyl (C=O) groups excluding carboxylic acids is 1. The van der Waals surface area contributed by atoms with Crippen molar-refractivity contribution in [3.63, 3.8) is 0 Å². The lowest BCUT2D eigenvalue weighted by Crippen LogP contribution is -2.50. The summed E-state index contributed by atoms with van der Waals surface area (Å²) in [6.07, 6.45) is 1.58. The normalized spacial score (nSPS) is 23.0. The first-order valence-corrected chi connectivity index (χ1v) is 13.3. The first kappa shape index (κ1) is 25.8. The average Bonchev–Trinajstić information content (AvgIpc) is 2.69. The van der Waals surface area contributed by atoms with Gasteiger partial charge in [0.2, 0.25) is 10.0 Å². The van der Waals surface area contributed by atoms with Crippen molar-refractivity contribution in [2.75, 3.05) is 36.4 Å². The summed E-state index contributed by atoms with van der Waals surface area (Å²) in [5, 5.41) is 3.06. The highest BCUT2D eigenvalue weighted by Gasteiger charge is 2.33. The zero-order valence-electron chi connectivity index (χ0n) is 21.1. The molecule has 2 fully saturated rings. The second-order valence-electron chi connectivity index (χ2n) is 10.5. The van der Waals surface area contributed by atoms with Gasteiger partial charge in [0.1, 0.15) is 0 Å². The fourth-order valence-corrected chi connectivity index (χ4v) is 5.47. The van der Waals surface area contributed by atoms with Crippen LogP contribution in [0, 0.1) is 13.8 Å². The molecule has 2 saturated heterocycles. The van der Waals surface area contributed by atoms with Crippen LogP contribution in [0.3, 0.4) is 0 Å². The minimum Gasteiger partial charge on any atom is -0.372 e. The highest BCUT2D eigenvalue weighted by Crippen LogP contribution is 2.30. The van der Waals surface area contributed by atoms with E-state index in [9.17, 15) is 13.2 Å². The van der Waals surface area contributed by atoms with Crippen LogP contribution in [0.25, 0.3) is 0 Å². The SMILES string of the molecule is Cc1cc(N2C[C@@H](C)O[C@@H](C)C2)c(C)cc1NC(=O)N1CCC(NS(=O)(=O)C(C)(C)C)CC1. The van der Waals surface area contributed by atoms with Crippen molar-refractivity contribution in [3.8, 4) is 0 Å². The number of benzene rings is 1. The maximum atomic E-state index is 12.9. The van der Waals surface area contributed by atoms with Crippen molar-refractivity contribution < 1.29 is 17.9 Å². The molecule has 0 unspecified atom stereocenters. The van der Waals surface area contributed by atoms with Crippen LogP contribution < -0.4 is 14.9 Å². The average molecular weight is 481 g/mol. The van der Waals surface area contributed by atoms with Gasteiger partial charge in [-0.1, -0.05) is 0 Å². The molecule has 8 nitrogen and oxygen atoms in total. The number of anilines is 2. The van der Waals surface area contributed by atoms with Crippen LogP contribution in [0.1, 0.15) is 58.6 Å². The van der Waals surface area contributed by atoms with Crippen molar-refractivity contribution in [1.29, 1.82) is 0 Å². The fraction of sp³-hybridized carbons (Fsp3) is 0.708. The zero-order chi connectivity index (χ0) is 24.6. The lowest BCUT2D eigenvalue weighted by molar-refractivity contribution is -0.00525. The fourth-order valence-electron chi connectivity index (χ4n) is 4.44. The highest BCUT2D eigenvalue weighted by atomic mass is 32.2. The summed E-state index contributed by atoms with van der Waals surface area (Å²) >= 11 is 0. The number of piperidine rings is 1. The molecule has 1 aromatic rings. The summed E-state index contributed by atoms with van der Waals surface area (Å²) in [6, 6.07) is 3.90. The van der Waals surface area contributed by atoms with E-state index >= 15 is 0 Å². The Labute approximate surface area is 199 Å². The number of rotatable bonds is 4. The summed E-state index contributed by atoms with van der Waals surface area (Å²) in [5.41, 5.74) is 4.13. The number of aryl methyl sites for hydroxylation is 2. The third-order valence-corrected chi connectivity index (χ3v) is 8.71. The van der Waals surface area contributed by atoms with Crippen molar-refractivity contribution in [2.24, 2.45) is 0 Å². The Bertz CT molecular complexity index is 955. The Morgan fingerprint density at radius 3 is 2.15 bits per heavy atom. The first-order valence-electron chi connectivity index (χ1n) is 11.9. The van der Waals surface area contributed by atoms with Crippen molar-refractivity contribution in [3.05, 3.63) is 23.3 Å². The van der Waals surface area contributed by atoms with Crippen LogP contribution in [0.2, 0.25) is 0 Å². The summed E-state index contributed by atoms with van der Waals surface area (Å²) in [6.45, 7) is 16.1. The standard InChI is InChI=1S/C24H40N4O4S/c1-16-13-22(28-14-18(3)32-19(4)15-28)17(2)12-21(16)25-23(29)27-10-8-20(9-11-27)26-33(30,31)24(5,6)7/h12-13,18-20,26H,8-11,14-15H2,1-7H3,(H,25,29)/t18-,19+. The molecule has 0 saturated carbocycles. The van der Waals surface area contributed by atoms with Gasteiger partial charge in [0, 0.05) is 43.6 Å². The summed E-state index contributed by atoms with van der Waals surface area (Å²) in [4.78, 5) is 17.0. The molecule has 2 aliphatic rings. The van der Waals surface area contributed by atoms with Crippen LogP contribution in [0.4, 0.5) is 16.2 Å². The number of urea groups is 1. The number of hydrogen-bond donors (Lipinski definition) is 2. The molecule has 2 N–H and O–H groups in total. The Hall–Kier alpha value is -1.84. The topological polar surface area (TPSA) is 91.0 Å². The van der Waals surface area contributed by atoms with Crippen LogP contribution >= 0.6 is 0 Å². The smallest absolute Gasteiger partial charge is 0.321 e. The van der Waals surface area contributed by atoms with Gasteiger partial charge in [-0.3, -0.25) is 0 Å². The maximum absolute atomic E-state index is 12.9. The molecule has 3 rings (SSSR count). The number of hydrogen-bond acceptors (Lipinski definition) is 5. The second kappa shape index (κ2) is 9.80. The predicted molar refractivity (Wildman–Crippen MR) is 134 cm³/mol. The van der Waals surface area contributed by atoms with Gasteiger partial charge in [0.25, 0.3) is 0 Å². The second-order valence-corrected chi connectivity index (χ2v) is 13.0. The van der Waals surface area contributed by atoms with E-state index < -0.39 is 14.8 Å². The molecule has 0 spiro atoms. The molecule has 2 atom stereocenters. The molecule has 0 aromatic heterocycles. The van der Waals surface area contributed by atoms with E-state index in [1.165, 1.54) is 5.69 Å². The molecular weight excluding hydrogens is 440 g/mol. The summed E-state index contributed by atoms with van der Waals surface area (Å²) < 4.78 is 32.6. The van der Waals surface area contributed by atoms with E-state index in [1.54, 1.807) is 25.7 Å². The molecular formula is C24H40N4O4S. The van der Waals surface area contributed by atoms with E-state index in [4.69, 9.17) is 4.74 Å². The number of nitrogens with zero attached hydrogens (tertiary/aromatic N) is 2. The number of likely N-dealkylation sites (tertiary alicyclic amines) is 1. The number of nitrogens with one attached hydrogen (secondary N) is 2. The molecule has 2 aliphatic heterocycles. The summed E-state index contributed by atoms with van der Waals surface area (Å²) in [5.74, 6) is 0. The third-order valence-electron chi connectivity index (χ3n) is 6.46. The van der Waals surface area contributed by atoms with Crippen LogP contribution in [0.15, 0.2) is 12.1 Å². The van der Waals surface area contributed by atoms with Gasteiger partial charge in [0.05, 0.1) is 17.0 Å². The van der Waals surface area contributed by atoms with Gasteiger partial charge >= 0.3 is 6.03 Å². The van der Waals surface area contributed by atoms with Crippen LogP contribution in [-0.4, -0.2) is 68.5 Å². The predicted octanol–water partition coefficient (Wildman–Crippen LogP) is 3.63. The number of morpholine rings is 1. The van der Waals surface area contributed by atoms with Crippen molar-refractivity contribution in [2.45, 2.75) is 84.3 Å². The zero-order valence-corrected chi connectivity index (χ0v) is 21.9. The Morgan fingerprint density at radius 1 is 1.03 bits per heavy atom. The number of sulfonamides is 1. The molecule has 186 valence electrons. The molecule has 0 bridgehead atoms. The van der Waals surface area contributed by atoms with E-state index in [0.717, 1.165) is 29.9 Å². The van der Waals surface area contributed by atoms with E-state index in [2.05, 4.69) is 41.8 Å². The minimum absolute atomic E-state index is 0.139. The number of ether oxygens (including phenoxy) is 1. The van der Waals surface area contributed by atoms with E-state index in [1.807, 2.05) is 13.0 Å². The van der Waals surface area contributed by atoms with E-state index in [-0.39, 0.29) is 24.3 Å². The molecule has 9 heteroatoms. The summed E-state index contributed by atoms with van der Waals surface area (Å²) in [7, 11) is -3.40. The van der Waals surface area contributed by atoms with Gasteiger partial charge in [-0.25, -0.2) is 17.9 Å². The van der Waals surface area contributed by atoms with Crippen molar-refractivity contribution >= 4 is 27.4 Å². The molecule has 1 aromatic carbocycles. The van der Waals surface area contributed by atoms with Crippen LogP contribution in [0.5, 0.6) is 0 Å². The Morgan fingerprint density at radius 2 is 1.61 bits per heavy atom. The number of amides is 2. The molecule has 2 amide bonds. The molecule has 33 heavy (non-hydrogen) atoms. The highest BCUT2D eigenvalue weighted by molar-refractivity contribution is 7.90. The molecule has 2 heterocycles.